The highest BCUT2D eigenvalue weighted by molar-refractivity contribution is 6.36. The zero-order valence-corrected chi connectivity index (χ0v) is 19.2. The Morgan fingerprint density at radius 1 is 1.03 bits per heavy atom. The number of H-pyrrole nitrogens is 1. The highest BCUT2D eigenvalue weighted by atomic mass is 35.5. The molecule has 2 aromatic carbocycles. The lowest BCUT2D eigenvalue weighted by atomic mass is 10.0. The second-order valence-electron chi connectivity index (χ2n) is 7.85. The largest absolute Gasteiger partial charge is 0.361 e. The van der Waals surface area contributed by atoms with E-state index in [0.717, 1.165) is 16.5 Å². The predicted octanol–water partition coefficient (Wildman–Crippen LogP) is 4.01. The number of para-hydroxylation sites is 1. The Bertz CT molecular complexity index is 1140. The van der Waals surface area contributed by atoms with Gasteiger partial charge in [0.2, 0.25) is 5.91 Å². The van der Waals surface area contributed by atoms with Crippen molar-refractivity contribution in [1.29, 1.82) is 0 Å². The molecular weight excluding hydrogens is 451 g/mol. The van der Waals surface area contributed by atoms with Gasteiger partial charge in [0.25, 0.3) is 11.8 Å². The van der Waals surface area contributed by atoms with E-state index in [1.807, 2.05) is 38.1 Å². The van der Waals surface area contributed by atoms with Gasteiger partial charge in [-0.05, 0) is 42.2 Å². The number of benzene rings is 2. The fourth-order valence-electron chi connectivity index (χ4n) is 3.33. The van der Waals surface area contributed by atoms with Gasteiger partial charge < -0.3 is 10.3 Å². The van der Waals surface area contributed by atoms with Crippen molar-refractivity contribution in [3.8, 4) is 0 Å². The van der Waals surface area contributed by atoms with Gasteiger partial charge in [0, 0.05) is 22.1 Å². The summed E-state index contributed by atoms with van der Waals surface area (Å²) in [6.45, 7) is 3.86. The fourth-order valence-corrected chi connectivity index (χ4v) is 3.82. The summed E-state index contributed by atoms with van der Waals surface area (Å²) >= 11 is 12.0. The maximum absolute atomic E-state index is 12.7. The first-order valence-corrected chi connectivity index (χ1v) is 10.9. The van der Waals surface area contributed by atoms with E-state index in [2.05, 4.69) is 21.2 Å². The molecule has 0 radical (unpaired) electrons. The van der Waals surface area contributed by atoms with Gasteiger partial charge in [-0.3, -0.25) is 25.2 Å². The highest BCUT2D eigenvalue weighted by Crippen LogP contribution is 2.21. The number of nitrogens with one attached hydrogen (secondary N) is 4. The van der Waals surface area contributed by atoms with Crippen molar-refractivity contribution in [3.63, 3.8) is 0 Å². The van der Waals surface area contributed by atoms with Crippen molar-refractivity contribution in [1.82, 2.24) is 21.2 Å². The van der Waals surface area contributed by atoms with Crippen molar-refractivity contribution in [2.75, 3.05) is 0 Å². The maximum Gasteiger partial charge on any atom is 0.260 e. The van der Waals surface area contributed by atoms with Gasteiger partial charge in [-0.1, -0.05) is 55.2 Å². The van der Waals surface area contributed by atoms with Crippen molar-refractivity contribution in [2.24, 2.45) is 5.92 Å². The molecule has 0 aliphatic heterocycles. The summed E-state index contributed by atoms with van der Waals surface area (Å²) in [5.41, 5.74) is 6.79. The molecule has 1 unspecified atom stereocenters. The standard InChI is InChI=1S/C23H24Cl2N4O3/c1-13(2)9-20(27-22(31)17-8-7-15(24)11-18(17)25)23(32)29-28-21(30)10-14-12-26-19-6-4-3-5-16(14)19/h3-8,11-13,20,26H,9-10H2,1-2H3,(H,27,31)(H,28,30)(H,29,32). The number of rotatable bonds is 7. The number of amides is 3. The van der Waals surface area contributed by atoms with Crippen molar-refractivity contribution in [2.45, 2.75) is 32.7 Å². The Balaban J connectivity index is 1.61. The summed E-state index contributed by atoms with van der Waals surface area (Å²) in [5, 5.41) is 4.22. The monoisotopic (exact) mass is 474 g/mol. The van der Waals surface area contributed by atoms with E-state index in [1.165, 1.54) is 12.1 Å². The van der Waals surface area contributed by atoms with Crippen LogP contribution in [0.1, 0.15) is 36.2 Å². The van der Waals surface area contributed by atoms with Crippen LogP contribution in [0, 0.1) is 5.92 Å². The lowest BCUT2D eigenvalue weighted by molar-refractivity contribution is -0.129. The first-order chi connectivity index (χ1) is 15.2. The van der Waals surface area contributed by atoms with Gasteiger partial charge in [-0.15, -0.1) is 0 Å². The van der Waals surface area contributed by atoms with Crippen LogP contribution in [0.15, 0.2) is 48.7 Å². The Morgan fingerprint density at radius 2 is 1.78 bits per heavy atom. The van der Waals surface area contributed by atoms with E-state index in [-0.39, 0.29) is 28.8 Å². The van der Waals surface area contributed by atoms with Crippen LogP contribution in [-0.4, -0.2) is 28.7 Å². The van der Waals surface area contributed by atoms with Crippen LogP contribution in [0.3, 0.4) is 0 Å². The summed E-state index contributed by atoms with van der Waals surface area (Å²) in [4.78, 5) is 40.8. The average molecular weight is 475 g/mol. The second kappa shape index (κ2) is 10.5. The molecule has 1 heterocycles. The normalized spacial score (nSPS) is 11.9. The molecule has 0 bridgehead atoms. The van der Waals surface area contributed by atoms with Gasteiger partial charge in [-0.2, -0.15) is 0 Å². The zero-order valence-electron chi connectivity index (χ0n) is 17.7. The molecule has 32 heavy (non-hydrogen) atoms. The molecule has 0 saturated carbocycles. The number of halogens is 2. The smallest absolute Gasteiger partial charge is 0.260 e. The summed E-state index contributed by atoms with van der Waals surface area (Å²) in [6, 6.07) is 11.3. The summed E-state index contributed by atoms with van der Waals surface area (Å²) in [6.07, 6.45) is 2.23. The number of hydrazine groups is 1. The highest BCUT2D eigenvalue weighted by Gasteiger charge is 2.24. The van der Waals surface area contributed by atoms with Crippen molar-refractivity contribution in [3.05, 3.63) is 69.8 Å². The molecule has 3 rings (SSSR count). The quantitative estimate of drug-likeness (QED) is 0.389. The van der Waals surface area contributed by atoms with Gasteiger partial charge in [-0.25, -0.2) is 0 Å². The molecule has 3 aromatic rings. The topological polar surface area (TPSA) is 103 Å². The molecule has 9 heteroatoms. The first-order valence-electron chi connectivity index (χ1n) is 10.1. The molecule has 1 atom stereocenters. The molecule has 168 valence electrons. The lowest BCUT2D eigenvalue weighted by Gasteiger charge is -2.20. The molecular formula is C23H24Cl2N4O3. The summed E-state index contributed by atoms with van der Waals surface area (Å²) in [5.74, 6) is -1.28. The number of hydrogen-bond acceptors (Lipinski definition) is 3. The molecule has 3 amide bonds. The summed E-state index contributed by atoms with van der Waals surface area (Å²) in [7, 11) is 0. The van der Waals surface area contributed by atoms with Gasteiger partial charge in [0.15, 0.2) is 0 Å². The third-order valence-corrected chi connectivity index (χ3v) is 5.40. The van der Waals surface area contributed by atoms with Crippen LogP contribution in [0.25, 0.3) is 10.9 Å². The molecule has 4 N–H and O–H groups in total. The maximum atomic E-state index is 12.7. The number of carbonyl (C=O) groups is 3. The Labute approximate surface area is 195 Å². The average Bonchev–Trinajstić information content (AvgIpc) is 3.14. The molecule has 0 spiro atoms. The third-order valence-electron chi connectivity index (χ3n) is 4.86. The van der Waals surface area contributed by atoms with E-state index in [0.29, 0.717) is 11.4 Å². The van der Waals surface area contributed by atoms with Crippen LogP contribution in [0.2, 0.25) is 10.0 Å². The number of aromatic amines is 1. The van der Waals surface area contributed by atoms with Crippen LogP contribution in [0.5, 0.6) is 0 Å². The number of fused-ring (bicyclic) bond motifs is 1. The zero-order chi connectivity index (χ0) is 23.3. The Kier molecular flexibility index (Phi) is 7.77. The van der Waals surface area contributed by atoms with Crippen LogP contribution >= 0.6 is 23.2 Å². The number of hydrogen-bond donors (Lipinski definition) is 4. The Morgan fingerprint density at radius 3 is 2.50 bits per heavy atom. The van der Waals surface area contributed by atoms with E-state index in [4.69, 9.17) is 23.2 Å². The fraction of sp³-hybridized carbons (Fsp3) is 0.261. The summed E-state index contributed by atoms with van der Waals surface area (Å²) < 4.78 is 0. The molecule has 7 nitrogen and oxygen atoms in total. The third kappa shape index (κ3) is 6.02. The molecule has 1 aromatic heterocycles. The van der Waals surface area contributed by atoms with E-state index in [9.17, 15) is 14.4 Å². The van der Waals surface area contributed by atoms with Crippen LogP contribution in [0.4, 0.5) is 0 Å². The van der Waals surface area contributed by atoms with E-state index >= 15 is 0 Å². The first kappa shape index (κ1) is 23.6. The van der Waals surface area contributed by atoms with Crippen molar-refractivity contribution < 1.29 is 14.4 Å². The molecule has 0 aliphatic rings. The van der Waals surface area contributed by atoms with Crippen molar-refractivity contribution >= 4 is 51.8 Å². The second-order valence-corrected chi connectivity index (χ2v) is 8.70. The van der Waals surface area contributed by atoms with E-state index < -0.39 is 17.9 Å². The Hall–Kier alpha value is -3.03. The molecule has 0 saturated heterocycles. The minimum absolute atomic E-state index is 0.0892. The van der Waals surface area contributed by atoms with E-state index in [1.54, 1.807) is 12.3 Å². The van der Waals surface area contributed by atoms with Gasteiger partial charge in [0.1, 0.15) is 6.04 Å². The van der Waals surface area contributed by atoms with Crippen LogP contribution in [-0.2, 0) is 16.0 Å². The minimum atomic E-state index is -0.859. The predicted molar refractivity (Wildman–Crippen MR) is 125 cm³/mol. The minimum Gasteiger partial charge on any atom is -0.361 e. The van der Waals surface area contributed by atoms with Crippen LogP contribution < -0.4 is 16.2 Å². The van der Waals surface area contributed by atoms with Gasteiger partial charge >= 0.3 is 0 Å². The number of aromatic nitrogens is 1. The van der Waals surface area contributed by atoms with Gasteiger partial charge in [0.05, 0.1) is 17.0 Å². The number of carbonyl (C=O) groups excluding carboxylic acids is 3. The lowest BCUT2D eigenvalue weighted by Crippen LogP contribution is -2.53. The molecule has 0 aliphatic carbocycles. The molecule has 0 fully saturated rings. The SMILES string of the molecule is CC(C)CC(NC(=O)c1ccc(Cl)cc1Cl)C(=O)NNC(=O)Cc1c[nH]c2ccccc12.